The number of nitrogens with zero attached hydrogens (tertiary/aromatic N) is 1. The van der Waals surface area contributed by atoms with Gasteiger partial charge in [-0.05, 0) is 12.1 Å². The molecule has 10 heteroatoms. The fourth-order valence-corrected chi connectivity index (χ4v) is 0.509. The fourth-order valence-electron chi connectivity index (χ4n) is 0.509. The maximum Gasteiger partial charge on any atom is 2.00 e. The summed E-state index contributed by atoms with van der Waals surface area (Å²) in [5.74, 6) is -2.88. The number of aromatic nitrogens is 1. The van der Waals surface area contributed by atoms with Crippen LogP contribution in [-0.2, 0) is 29.1 Å². The predicted octanol–water partition coefficient (Wildman–Crippen LogP) is -4.43. The molecule has 1 aromatic rings. The molecule has 1 amide bonds. The molecule has 0 unspecified atom stereocenters. The van der Waals surface area contributed by atoms with Crippen molar-refractivity contribution in [3.8, 4) is 0 Å². The average molecular weight is 336 g/mol. The van der Waals surface area contributed by atoms with Crippen LogP contribution in [0.15, 0.2) is 24.5 Å². The van der Waals surface area contributed by atoms with E-state index >= 15 is 0 Å². The summed E-state index contributed by atoms with van der Waals surface area (Å²) < 4.78 is 0. The van der Waals surface area contributed by atoms with Crippen molar-refractivity contribution in [2.75, 3.05) is 13.1 Å². The Bertz CT molecular complexity index is 388. The van der Waals surface area contributed by atoms with Crippen molar-refractivity contribution in [1.29, 1.82) is 0 Å². The number of nitrogens with two attached hydrogens (primary N) is 3. The molecule has 0 saturated carbocycles. The van der Waals surface area contributed by atoms with Gasteiger partial charge in [0, 0.05) is 25.5 Å². The first-order chi connectivity index (χ1) is 8.84. The van der Waals surface area contributed by atoms with E-state index in [9.17, 15) is 4.79 Å². The first-order valence-electron chi connectivity index (χ1n) is 4.84. The van der Waals surface area contributed by atoms with Crippen LogP contribution in [0, 0.1) is 0 Å². The Labute approximate surface area is 127 Å². The Morgan fingerprint density at radius 2 is 1.50 bits per heavy atom. The summed E-state index contributed by atoms with van der Waals surface area (Å²) in [4.78, 5) is 32.4. The molecule has 1 rings (SSSR count). The third-order valence-corrected chi connectivity index (χ3v) is 1.28. The van der Waals surface area contributed by atoms with Gasteiger partial charge in [0.1, 0.15) is 0 Å². The van der Waals surface area contributed by atoms with E-state index in [-0.39, 0.29) is 32.6 Å². The fraction of sp³-hybridized carbons (Fsp3) is 0.200. The maximum absolute atomic E-state index is 10.4. The third kappa shape index (κ3) is 18.5. The van der Waals surface area contributed by atoms with Crippen LogP contribution in [0.1, 0.15) is 10.4 Å². The molecule has 1 heterocycles. The largest absolute Gasteiger partial charge is 2.00 e. The van der Waals surface area contributed by atoms with Crippen molar-refractivity contribution < 1.29 is 44.1 Å². The van der Waals surface area contributed by atoms with Gasteiger partial charge in [0.25, 0.3) is 0 Å². The van der Waals surface area contributed by atoms with Gasteiger partial charge in [-0.15, -0.1) is 0 Å². The number of rotatable bonds is 3. The van der Waals surface area contributed by atoms with Gasteiger partial charge in [-0.2, -0.15) is 0 Å². The Kier molecular flexibility index (Phi) is 17.6. The molecule has 0 aromatic carbocycles. The van der Waals surface area contributed by atoms with Crippen LogP contribution in [-0.4, -0.2) is 35.9 Å². The van der Waals surface area contributed by atoms with Crippen LogP contribution < -0.4 is 27.4 Å². The number of carbonyl (C=O) groups excluding carboxylic acids is 3. The molecular formula is C10H14N4O5Zn. The molecule has 1 aromatic heterocycles. The van der Waals surface area contributed by atoms with Crippen LogP contribution in [0.3, 0.4) is 0 Å². The number of aliphatic carboxylic acids is 2. The SMILES string of the molecule is NC(=O)c1cccnc1.NCC(=O)[O-].NCC(=O)[O-].[Zn+2]. The van der Waals surface area contributed by atoms with Crippen molar-refractivity contribution in [2.45, 2.75) is 0 Å². The Morgan fingerprint density at radius 3 is 1.65 bits per heavy atom. The normalized spacial score (nSPS) is 7.70. The van der Waals surface area contributed by atoms with Gasteiger partial charge < -0.3 is 37.0 Å². The summed E-state index contributed by atoms with van der Waals surface area (Å²) >= 11 is 0. The van der Waals surface area contributed by atoms with Crippen LogP contribution in [0.4, 0.5) is 0 Å². The number of carbonyl (C=O) groups is 3. The number of hydrogen-bond acceptors (Lipinski definition) is 8. The minimum Gasteiger partial charge on any atom is -0.549 e. The second-order valence-electron chi connectivity index (χ2n) is 2.76. The van der Waals surface area contributed by atoms with Crippen LogP contribution in [0.2, 0.25) is 0 Å². The van der Waals surface area contributed by atoms with E-state index < -0.39 is 17.8 Å². The zero-order chi connectivity index (χ0) is 15.3. The quantitative estimate of drug-likeness (QED) is 0.461. The summed E-state index contributed by atoms with van der Waals surface area (Å²) in [6.45, 7) is -0.778. The van der Waals surface area contributed by atoms with E-state index in [4.69, 9.17) is 25.5 Å². The molecule has 6 N–H and O–H groups in total. The summed E-state index contributed by atoms with van der Waals surface area (Å²) in [6, 6.07) is 3.29. The van der Waals surface area contributed by atoms with E-state index in [1.807, 2.05) is 0 Å². The molecule has 0 fully saturated rings. The molecule has 0 atom stereocenters. The molecule has 106 valence electrons. The Balaban J connectivity index is -0.000000230. The van der Waals surface area contributed by atoms with Crippen molar-refractivity contribution in [2.24, 2.45) is 17.2 Å². The number of carboxylic acid groups (broad SMARTS) is 2. The number of pyridine rings is 1. The molecule has 0 aliphatic heterocycles. The van der Waals surface area contributed by atoms with E-state index in [0.717, 1.165) is 0 Å². The van der Waals surface area contributed by atoms with Gasteiger partial charge >= 0.3 is 19.5 Å². The van der Waals surface area contributed by atoms with Crippen LogP contribution in [0.5, 0.6) is 0 Å². The van der Waals surface area contributed by atoms with Gasteiger partial charge in [0.05, 0.1) is 17.5 Å². The summed E-state index contributed by atoms with van der Waals surface area (Å²) in [7, 11) is 0. The van der Waals surface area contributed by atoms with Gasteiger partial charge in [-0.1, -0.05) is 0 Å². The number of hydrogen-bond donors (Lipinski definition) is 3. The third-order valence-electron chi connectivity index (χ3n) is 1.28. The molecule has 0 radical (unpaired) electrons. The smallest absolute Gasteiger partial charge is 0.549 e. The first-order valence-corrected chi connectivity index (χ1v) is 4.84. The zero-order valence-corrected chi connectivity index (χ0v) is 13.6. The van der Waals surface area contributed by atoms with Crippen molar-refractivity contribution in [1.82, 2.24) is 4.98 Å². The molecule has 20 heavy (non-hydrogen) atoms. The van der Waals surface area contributed by atoms with Gasteiger partial charge in [-0.3, -0.25) is 9.78 Å². The average Bonchev–Trinajstić information content (AvgIpc) is 2.41. The molecular weight excluding hydrogens is 322 g/mol. The summed E-state index contributed by atoms with van der Waals surface area (Å²) in [5, 5.41) is 18.3. The molecule has 0 bridgehead atoms. The molecule has 0 aliphatic rings. The minimum absolute atomic E-state index is 0. The van der Waals surface area contributed by atoms with Gasteiger partial charge in [0.2, 0.25) is 5.91 Å². The van der Waals surface area contributed by atoms with E-state index in [0.29, 0.717) is 5.56 Å². The molecule has 0 saturated heterocycles. The standard InChI is InChI=1S/C6H6N2O.2C2H5NO2.Zn/c7-6(9)5-2-1-3-8-4-5;2*3-1-2(4)5;/h1-4H,(H2,7,9);2*1,3H2,(H,4,5);/q;;;+2/p-2. The van der Waals surface area contributed by atoms with Crippen LogP contribution >= 0.6 is 0 Å². The van der Waals surface area contributed by atoms with Gasteiger partial charge in [-0.25, -0.2) is 0 Å². The number of carboxylic acids is 2. The van der Waals surface area contributed by atoms with Gasteiger partial charge in [0.15, 0.2) is 0 Å². The number of amides is 1. The maximum atomic E-state index is 10.4. The molecule has 0 spiro atoms. The topological polar surface area (TPSA) is 188 Å². The molecule has 9 nitrogen and oxygen atoms in total. The van der Waals surface area contributed by atoms with Crippen molar-refractivity contribution in [3.63, 3.8) is 0 Å². The van der Waals surface area contributed by atoms with E-state index in [1.54, 1.807) is 18.3 Å². The second kappa shape index (κ2) is 15.2. The first kappa shape index (κ1) is 23.2. The number of primary amides is 1. The van der Waals surface area contributed by atoms with Crippen molar-refractivity contribution >= 4 is 17.8 Å². The van der Waals surface area contributed by atoms with Crippen molar-refractivity contribution in [3.05, 3.63) is 30.1 Å². The predicted molar refractivity (Wildman–Crippen MR) is 60.9 cm³/mol. The summed E-state index contributed by atoms with van der Waals surface area (Å²) in [6.07, 6.45) is 3.02. The molecule has 0 aliphatic carbocycles. The monoisotopic (exact) mass is 334 g/mol. The van der Waals surface area contributed by atoms with E-state index in [2.05, 4.69) is 16.5 Å². The summed E-state index contributed by atoms with van der Waals surface area (Å²) in [5.41, 5.74) is 14.4. The van der Waals surface area contributed by atoms with E-state index in [1.165, 1.54) is 6.20 Å². The minimum atomic E-state index is -1.22. The Hall–Kier alpha value is -1.90. The second-order valence-corrected chi connectivity index (χ2v) is 2.76. The zero-order valence-electron chi connectivity index (χ0n) is 10.7. The van der Waals surface area contributed by atoms with Crippen LogP contribution in [0.25, 0.3) is 0 Å². The Morgan fingerprint density at radius 1 is 1.10 bits per heavy atom.